The summed E-state index contributed by atoms with van der Waals surface area (Å²) in [5, 5.41) is 0. The number of aryl methyl sites for hydroxylation is 2. The molecule has 0 saturated carbocycles. The largest absolute Gasteiger partial charge is 0.370 e. The second kappa shape index (κ2) is 5.77. The maximum absolute atomic E-state index is 13.9. The average molecular weight is 287 g/mol. The van der Waals surface area contributed by atoms with Gasteiger partial charge in [-0.25, -0.2) is 9.37 Å². The summed E-state index contributed by atoms with van der Waals surface area (Å²) in [6.07, 6.45) is 1.48. The Hall–Kier alpha value is -2.01. The van der Waals surface area contributed by atoms with Gasteiger partial charge in [-0.15, -0.1) is 0 Å². The van der Waals surface area contributed by atoms with Gasteiger partial charge in [0.1, 0.15) is 11.9 Å². The molecule has 1 aromatic heterocycles. The summed E-state index contributed by atoms with van der Waals surface area (Å²) in [7, 11) is 0. The van der Waals surface area contributed by atoms with Crippen molar-refractivity contribution in [2.75, 3.05) is 24.6 Å². The highest BCUT2D eigenvalue weighted by Crippen LogP contribution is 2.27. The SMILES string of the molecule is Cc1cnc(C)c(N2CCOC(c3ccccc3F)C2)n1. The van der Waals surface area contributed by atoms with Gasteiger partial charge in [-0.1, -0.05) is 18.2 Å². The molecule has 1 fully saturated rings. The van der Waals surface area contributed by atoms with Gasteiger partial charge in [-0.3, -0.25) is 4.98 Å². The van der Waals surface area contributed by atoms with Crippen molar-refractivity contribution in [3.05, 3.63) is 53.2 Å². The quantitative estimate of drug-likeness (QED) is 0.851. The Morgan fingerprint density at radius 1 is 1.29 bits per heavy atom. The van der Waals surface area contributed by atoms with Crippen molar-refractivity contribution >= 4 is 5.82 Å². The lowest BCUT2D eigenvalue weighted by molar-refractivity contribution is 0.0372. The van der Waals surface area contributed by atoms with E-state index >= 15 is 0 Å². The summed E-state index contributed by atoms with van der Waals surface area (Å²) in [6, 6.07) is 6.77. The van der Waals surface area contributed by atoms with Crippen molar-refractivity contribution in [2.45, 2.75) is 20.0 Å². The van der Waals surface area contributed by atoms with Gasteiger partial charge >= 0.3 is 0 Å². The van der Waals surface area contributed by atoms with E-state index in [0.29, 0.717) is 18.7 Å². The fourth-order valence-electron chi connectivity index (χ4n) is 2.59. The predicted molar refractivity (Wildman–Crippen MR) is 78.8 cm³/mol. The second-order valence-electron chi connectivity index (χ2n) is 5.25. The number of rotatable bonds is 2. The number of anilines is 1. The van der Waals surface area contributed by atoms with E-state index in [4.69, 9.17) is 4.74 Å². The number of ether oxygens (including phenoxy) is 1. The highest BCUT2D eigenvalue weighted by atomic mass is 19.1. The average Bonchev–Trinajstić information content (AvgIpc) is 2.50. The first-order chi connectivity index (χ1) is 10.1. The van der Waals surface area contributed by atoms with Gasteiger partial charge in [0.15, 0.2) is 5.82 Å². The van der Waals surface area contributed by atoms with Crippen LogP contribution in [0.4, 0.5) is 10.2 Å². The highest BCUT2D eigenvalue weighted by Gasteiger charge is 2.26. The van der Waals surface area contributed by atoms with Gasteiger partial charge in [0.25, 0.3) is 0 Å². The van der Waals surface area contributed by atoms with Crippen LogP contribution in [0.3, 0.4) is 0 Å². The van der Waals surface area contributed by atoms with E-state index < -0.39 is 0 Å². The molecular formula is C16H18FN3O. The van der Waals surface area contributed by atoms with Crippen LogP contribution in [0.2, 0.25) is 0 Å². The molecule has 0 N–H and O–H groups in total. The highest BCUT2D eigenvalue weighted by molar-refractivity contribution is 5.44. The van der Waals surface area contributed by atoms with Crippen molar-refractivity contribution in [1.29, 1.82) is 0 Å². The number of hydrogen-bond acceptors (Lipinski definition) is 4. The third kappa shape index (κ3) is 2.88. The number of aromatic nitrogens is 2. The normalized spacial score (nSPS) is 18.8. The maximum Gasteiger partial charge on any atom is 0.150 e. The van der Waals surface area contributed by atoms with Crippen LogP contribution >= 0.6 is 0 Å². The van der Waals surface area contributed by atoms with Crippen molar-refractivity contribution in [3.63, 3.8) is 0 Å². The lowest BCUT2D eigenvalue weighted by Gasteiger charge is -2.34. The molecule has 0 radical (unpaired) electrons. The predicted octanol–water partition coefficient (Wildman–Crippen LogP) is 2.81. The van der Waals surface area contributed by atoms with Crippen molar-refractivity contribution in [2.24, 2.45) is 0 Å². The fourth-order valence-corrected chi connectivity index (χ4v) is 2.59. The molecule has 1 aliphatic rings. The van der Waals surface area contributed by atoms with Crippen molar-refractivity contribution < 1.29 is 9.13 Å². The number of morpholine rings is 1. The lowest BCUT2D eigenvalue weighted by Crippen LogP contribution is -2.39. The summed E-state index contributed by atoms with van der Waals surface area (Å²) in [5.41, 5.74) is 2.36. The minimum Gasteiger partial charge on any atom is -0.370 e. The number of hydrogen-bond donors (Lipinski definition) is 0. The number of halogens is 1. The van der Waals surface area contributed by atoms with Gasteiger partial charge in [0.05, 0.1) is 24.5 Å². The molecule has 0 spiro atoms. The zero-order chi connectivity index (χ0) is 14.8. The monoisotopic (exact) mass is 287 g/mol. The van der Waals surface area contributed by atoms with Crippen LogP contribution in [0.25, 0.3) is 0 Å². The van der Waals surface area contributed by atoms with Gasteiger partial charge < -0.3 is 9.64 Å². The van der Waals surface area contributed by atoms with Crippen LogP contribution in [0, 0.1) is 19.7 Å². The minimum atomic E-state index is -0.276. The van der Waals surface area contributed by atoms with E-state index in [1.54, 1.807) is 18.3 Å². The smallest absolute Gasteiger partial charge is 0.150 e. The fraction of sp³-hybridized carbons (Fsp3) is 0.375. The van der Waals surface area contributed by atoms with Crippen LogP contribution in [0.1, 0.15) is 23.1 Å². The summed E-state index contributed by atoms with van der Waals surface area (Å²) < 4.78 is 19.7. The van der Waals surface area contributed by atoms with E-state index in [0.717, 1.165) is 23.8 Å². The van der Waals surface area contributed by atoms with Crippen LogP contribution < -0.4 is 4.90 Å². The lowest BCUT2D eigenvalue weighted by atomic mass is 10.1. The Labute approximate surface area is 123 Å². The van der Waals surface area contributed by atoms with Gasteiger partial charge in [0, 0.05) is 18.3 Å². The molecule has 1 atom stereocenters. The third-order valence-corrected chi connectivity index (χ3v) is 3.67. The Bertz CT molecular complexity index is 647. The van der Waals surface area contributed by atoms with E-state index in [9.17, 15) is 4.39 Å². The van der Waals surface area contributed by atoms with E-state index in [1.165, 1.54) is 6.07 Å². The molecule has 0 aliphatic carbocycles. The number of nitrogens with zero attached hydrogens (tertiary/aromatic N) is 3. The van der Waals surface area contributed by atoms with Crippen molar-refractivity contribution in [1.82, 2.24) is 9.97 Å². The Morgan fingerprint density at radius 2 is 2.10 bits per heavy atom. The molecule has 3 rings (SSSR count). The van der Waals surface area contributed by atoms with Crippen LogP contribution in [-0.4, -0.2) is 29.7 Å². The second-order valence-corrected chi connectivity index (χ2v) is 5.25. The summed E-state index contributed by atoms with van der Waals surface area (Å²) in [4.78, 5) is 11.0. The summed E-state index contributed by atoms with van der Waals surface area (Å²) in [6.45, 7) is 5.73. The van der Waals surface area contributed by atoms with Crippen LogP contribution in [0.5, 0.6) is 0 Å². The molecule has 2 aromatic rings. The molecule has 21 heavy (non-hydrogen) atoms. The molecule has 2 heterocycles. The summed E-state index contributed by atoms with van der Waals surface area (Å²) in [5.74, 6) is 0.635. The minimum absolute atomic E-state index is 0.226. The van der Waals surface area contributed by atoms with Crippen molar-refractivity contribution in [3.8, 4) is 0 Å². The van der Waals surface area contributed by atoms with E-state index in [2.05, 4.69) is 14.9 Å². The molecule has 1 saturated heterocycles. The van der Waals surface area contributed by atoms with Gasteiger partial charge in [0.2, 0.25) is 0 Å². The standard InChI is InChI=1S/C16H18FN3O/c1-11-9-18-12(2)16(19-11)20-7-8-21-15(10-20)13-5-3-4-6-14(13)17/h3-6,9,15H,7-8,10H2,1-2H3. The Balaban J connectivity index is 1.86. The third-order valence-electron chi connectivity index (χ3n) is 3.67. The molecule has 1 aliphatic heterocycles. The molecule has 0 amide bonds. The van der Waals surface area contributed by atoms with Gasteiger partial charge in [-0.05, 0) is 19.9 Å². The molecule has 110 valence electrons. The Morgan fingerprint density at radius 3 is 2.90 bits per heavy atom. The van der Waals surface area contributed by atoms with E-state index in [1.807, 2.05) is 19.9 Å². The zero-order valence-corrected chi connectivity index (χ0v) is 12.2. The maximum atomic E-state index is 13.9. The summed E-state index contributed by atoms with van der Waals surface area (Å²) >= 11 is 0. The molecule has 4 nitrogen and oxygen atoms in total. The van der Waals surface area contributed by atoms with E-state index in [-0.39, 0.29) is 11.9 Å². The first kappa shape index (κ1) is 13.9. The Kier molecular flexibility index (Phi) is 3.84. The van der Waals surface area contributed by atoms with Crippen LogP contribution in [0.15, 0.2) is 30.5 Å². The topological polar surface area (TPSA) is 38.2 Å². The first-order valence-electron chi connectivity index (χ1n) is 7.06. The van der Waals surface area contributed by atoms with Crippen LogP contribution in [-0.2, 0) is 4.74 Å². The molecule has 1 unspecified atom stereocenters. The molecule has 0 bridgehead atoms. The molecular weight excluding hydrogens is 269 g/mol. The molecule has 1 aromatic carbocycles. The first-order valence-corrected chi connectivity index (χ1v) is 7.06. The van der Waals surface area contributed by atoms with Gasteiger partial charge in [-0.2, -0.15) is 0 Å². The zero-order valence-electron chi connectivity index (χ0n) is 12.2. The molecule has 5 heteroatoms. The number of benzene rings is 1.